The predicted molar refractivity (Wildman–Crippen MR) is 70.5 cm³/mol. The fourth-order valence-corrected chi connectivity index (χ4v) is 1.86. The Morgan fingerprint density at radius 1 is 1.35 bits per heavy atom. The fraction of sp³-hybridized carbons (Fsp3) is 0.429. The molecule has 6 nitrogen and oxygen atoms in total. The molecule has 0 heterocycles. The molecule has 0 aliphatic rings. The van der Waals surface area contributed by atoms with E-state index in [9.17, 15) is 14.7 Å². The molecule has 20 heavy (non-hydrogen) atoms. The number of carboxylic acids is 1. The zero-order chi connectivity index (χ0) is 15.1. The molecule has 110 valence electrons. The van der Waals surface area contributed by atoms with Gasteiger partial charge in [-0.2, -0.15) is 0 Å². The minimum absolute atomic E-state index is 0.103. The second-order valence-corrected chi connectivity index (χ2v) is 4.08. The van der Waals surface area contributed by atoms with Crippen LogP contribution in [0.25, 0.3) is 0 Å². The summed E-state index contributed by atoms with van der Waals surface area (Å²) in [4.78, 5) is 22.2. The van der Waals surface area contributed by atoms with Crippen LogP contribution in [0.3, 0.4) is 0 Å². The van der Waals surface area contributed by atoms with Gasteiger partial charge in [0.05, 0.1) is 13.7 Å². The number of rotatable bonds is 7. The Balaban J connectivity index is 3.11. The smallest absolute Gasteiger partial charge is 0.337 e. The number of carbonyl (C=O) groups is 2. The molecule has 6 heteroatoms. The van der Waals surface area contributed by atoms with Gasteiger partial charge in [0.15, 0.2) is 6.10 Å². The van der Waals surface area contributed by atoms with E-state index in [-0.39, 0.29) is 18.4 Å². The average molecular weight is 282 g/mol. The molecule has 0 radical (unpaired) electrons. The van der Waals surface area contributed by atoms with Crippen molar-refractivity contribution in [2.45, 2.75) is 25.9 Å². The number of methoxy groups -OCH3 is 1. The molecule has 0 aromatic heterocycles. The van der Waals surface area contributed by atoms with E-state index in [2.05, 4.69) is 4.74 Å². The van der Waals surface area contributed by atoms with Gasteiger partial charge in [-0.3, -0.25) is 4.79 Å². The molecule has 0 spiro atoms. The molecule has 0 bridgehead atoms. The second-order valence-electron chi connectivity index (χ2n) is 4.08. The van der Waals surface area contributed by atoms with Crippen molar-refractivity contribution in [1.82, 2.24) is 0 Å². The van der Waals surface area contributed by atoms with Crippen molar-refractivity contribution in [1.29, 1.82) is 0 Å². The minimum atomic E-state index is -1.69. The van der Waals surface area contributed by atoms with Crippen molar-refractivity contribution in [2.24, 2.45) is 0 Å². The largest absolute Gasteiger partial charge is 0.493 e. The van der Waals surface area contributed by atoms with E-state index in [0.717, 1.165) is 0 Å². The Bertz CT molecular complexity index is 483. The lowest BCUT2D eigenvalue weighted by Crippen LogP contribution is -2.15. The second kappa shape index (κ2) is 7.49. The number of ether oxygens (including phenoxy) is 2. The number of carboxylic acid groups (broad SMARTS) is 1. The SMILES string of the molecule is CCOc1cccc(CCC(=O)OC)c1C(O)C(=O)O. The molecule has 1 aromatic carbocycles. The molecule has 1 aromatic rings. The lowest BCUT2D eigenvalue weighted by molar-refractivity contribution is -0.147. The predicted octanol–water partition coefficient (Wildman–Crippen LogP) is 1.31. The standard InChI is InChI=1S/C14H18O6/c1-3-20-10-6-4-5-9(7-8-11(15)19-2)12(10)13(16)14(17)18/h4-6,13,16H,3,7-8H2,1-2H3,(H,17,18). The maximum Gasteiger partial charge on any atom is 0.337 e. The molecule has 1 unspecified atom stereocenters. The van der Waals surface area contributed by atoms with Crippen LogP contribution in [0.1, 0.15) is 30.6 Å². The molecular formula is C14H18O6. The lowest BCUT2D eigenvalue weighted by Gasteiger charge is -2.17. The van der Waals surface area contributed by atoms with Crippen molar-refractivity contribution in [3.63, 3.8) is 0 Å². The third-order valence-electron chi connectivity index (χ3n) is 2.79. The number of hydrogen-bond acceptors (Lipinski definition) is 5. The molecule has 2 N–H and O–H groups in total. The van der Waals surface area contributed by atoms with Gasteiger partial charge < -0.3 is 19.7 Å². The van der Waals surface area contributed by atoms with Gasteiger partial charge in [0.2, 0.25) is 0 Å². The highest BCUT2D eigenvalue weighted by molar-refractivity contribution is 5.76. The van der Waals surface area contributed by atoms with Crippen LogP contribution < -0.4 is 4.74 Å². The van der Waals surface area contributed by atoms with E-state index in [0.29, 0.717) is 17.9 Å². The van der Waals surface area contributed by atoms with Crippen LogP contribution in [0.5, 0.6) is 5.75 Å². The van der Waals surface area contributed by atoms with Crippen LogP contribution in [-0.2, 0) is 20.7 Å². The van der Waals surface area contributed by atoms with Gasteiger partial charge in [-0.1, -0.05) is 12.1 Å². The molecule has 0 aliphatic carbocycles. The first-order valence-corrected chi connectivity index (χ1v) is 6.23. The maximum atomic E-state index is 11.2. The van der Waals surface area contributed by atoms with Crippen LogP contribution in [-0.4, -0.2) is 35.9 Å². The normalized spacial score (nSPS) is 11.8. The highest BCUT2D eigenvalue weighted by Crippen LogP contribution is 2.30. The number of benzene rings is 1. The van der Waals surface area contributed by atoms with Gasteiger partial charge in [-0.25, -0.2) is 4.79 Å². The van der Waals surface area contributed by atoms with Gasteiger partial charge in [-0.05, 0) is 25.0 Å². The molecule has 0 saturated heterocycles. The zero-order valence-corrected chi connectivity index (χ0v) is 11.5. The Kier molecular flexibility index (Phi) is 5.99. The van der Waals surface area contributed by atoms with Crippen molar-refractivity contribution in [2.75, 3.05) is 13.7 Å². The quantitative estimate of drug-likeness (QED) is 0.732. The highest BCUT2D eigenvalue weighted by Gasteiger charge is 2.24. The summed E-state index contributed by atoms with van der Waals surface area (Å²) in [5.41, 5.74) is 0.738. The summed E-state index contributed by atoms with van der Waals surface area (Å²) in [5, 5.41) is 18.8. The van der Waals surface area contributed by atoms with Crippen molar-refractivity contribution in [3.8, 4) is 5.75 Å². The van der Waals surface area contributed by atoms with Crippen LogP contribution in [0.4, 0.5) is 0 Å². The topological polar surface area (TPSA) is 93.1 Å². The molecular weight excluding hydrogens is 264 g/mol. The van der Waals surface area contributed by atoms with Crippen molar-refractivity contribution < 1.29 is 29.3 Å². The average Bonchev–Trinajstić information content (AvgIpc) is 2.44. The van der Waals surface area contributed by atoms with Gasteiger partial charge in [-0.15, -0.1) is 0 Å². The summed E-state index contributed by atoms with van der Waals surface area (Å²) >= 11 is 0. The monoisotopic (exact) mass is 282 g/mol. The van der Waals surface area contributed by atoms with E-state index in [1.807, 2.05) is 0 Å². The zero-order valence-electron chi connectivity index (χ0n) is 11.5. The number of esters is 1. The molecule has 1 rings (SSSR count). The van der Waals surface area contributed by atoms with E-state index >= 15 is 0 Å². The summed E-state index contributed by atoms with van der Waals surface area (Å²) in [6.07, 6.45) is -1.32. The van der Waals surface area contributed by atoms with Crippen LogP contribution in [0, 0.1) is 0 Å². The minimum Gasteiger partial charge on any atom is -0.493 e. The molecule has 0 aliphatic heterocycles. The van der Waals surface area contributed by atoms with Crippen molar-refractivity contribution in [3.05, 3.63) is 29.3 Å². The molecule has 0 fully saturated rings. The molecule has 0 saturated carbocycles. The molecule has 1 atom stereocenters. The first-order chi connectivity index (χ1) is 9.51. The summed E-state index contributed by atoms with van der Waals surface area (Å²) in [6.45, 7) is 2.11. The Hall–Kier alpha value is -2.08. The lowest BCUT2D eigenvalue weighted by atomic mass is 9.97. The van der Waals surface area contributed by atoms with Gasteiger partial charge in [0, 0.05) is 12.0 Å². The number of aliphatic carboxylic acids is 1. The van der Waals surface area contributed by atoms with Gasteiger partial charge in [0.25, 0.3) is 0 Å². The summed E-state index contributed by atoms with van der Waals surface area (Å²) in [7, 11) is 1.28. The fourth-order valence-electron chi connectivity index (χ4n) is 1.86. The Morgan fingerprint density at radius 2 is 2.05 bits per heavy atom. The maximum absolute atomic E-state index is 11.2. The third-order valence-corrected chi connectivity index (χ3v) is 2.79. The summed E-state index contributed by atoms with van der Waals surface area (Å²) in [6, 6.07) is 4.94. The van der Waals surface area contributed by atoms with E-state index in [1.165, 1.54) is 7.11 Å². The first kappa shape index (κ1) is 16.0. The third kappa shape index (κ3) is 3.96. The Labute approximate surface area is 116 Å². The van der Waals surface area contributed by atoms with Gasteiger partial charge in [0.1, 0.15) is 5.75 Å². The van der Waals surface area contributed by atoms with E-state index in [1.54, 1.807) is 25.1 Å². The summed E-state index contributed by atoms with van der Waals surface area (Å²) in [5.74, 6) is -1.45. The summed E-state index contributed by atoms with van der Waals surface area (Å²) < 4.78 is 9.89. The number of hydrogen-bond donors (Lipinski definition) is 2. The van der Waals surface area contributed by atoms with Crippen LogP contribution >= 0.6 is 0 Å². The Morgan fingerprint density at radius 3 is 2.60 bits per heavy atom. The van der Waals surface area contributed by atoms with Gasteiger partial charge >= 0.3 is 11.9 Å². The van der Waals surface area contributed by atoms with E-state index in [4.69, 9.17) is 9.84 Å². The van der Waals surface area contributed by atoms with Crippen molar-refractivity contribution >= 4 is 11.9 Å². The first-order valence-electron chi connectivity index (χ1n) is 6.23. The number of aryl methyl sites for hydroxylation is 1. The highest BCUT2D eigenvalue weighted by atomic mass is 16.5. The number of carbonyl (C=O) groups excluding carboxylic acids is 1. The van der Waals surface area contributed by atoms with Crippen LogP contribution in [0.2, 0.25) is 0 Å². The molecule has 0 amide bonds. The van der Waals surface area contributed by atoms with E-state index < -0.39 is 18.0 Å². The number of aliphatic hydroxyl groups is 1. The number of aliphatic hydroxyl groups excluding tert-OH is 1. The van der Waals surface area contributed by atoms with Crippen LogP contribution in [0.15, 0.2) is 18.2 Å².